The van der Waals surface area contributed by atoms with Crippen LogP contribution in [0.3, 0.4) is 0 Å². The van der Waals surface area contributed by atoms with Crippen LogP contribution in [0.15, 0.2) is 52.4 Å². The predicted molar refractivity (Wildman–Crippen MR) is 140 cm³/mol. The summed E-state index contributed by atoms with van der Waals surface area (Å²) in [5.41, 5.74) is 1.58. The Bertz CT molecular complexity index is 1130. The SMILES string of the molecule is C#CCOc1c(Cl)cc(/C=C2/SC(=Nc3ccccc3)N(C3CCCCC3)C2=O)cc1OCC. The van der Waals surface area contributed by atoms with Crippen molar-refractivity contribution in [3.63, 3.8) is 0 Å². The molecule has 7 heteroatoms. The summed E-state index contributed by atoms with van der Waals surface area (Å²) in [4.78, 5) is 20.9. The minimum Gasteiger partial charge on any atom is -0.490 e. The monoisotopic (exact) mass is 494 g/mol. The molecule has 1 saturated carbocycles. The molecule has 0 radical (unpaired) electrons. The molecule has 4 rings (SSSR count). The van der Waals surface area contributed by atoms with Crippen LogP contribution in [-0.2, 0) is 4.79 Å². The lowest BCUT2D eigenvalue weighted by atomic mass is 9.94. The molecule has 1 saturated heterocycles. The zero-order valence-electron chi connectivity index (χ0n) is 19.1. The van der Waals surface area contributed by atoms with Gasteiger partial charge in [0.25, 0.3) is 5.91 Å². The van der Waals surface area contributed by atoms with Gasteiger partial charge >= 0.3 is 0 Å². The molecule has 2 aromatic rings. The van der Waals surface area contributed by atoms with Crippen LogP contribution in [0.5, 0.6) is 11.5 Å². The van der Waals surface area contributed by atoms with Crippen LogP contribution in [0.2, 0.25) is 5.02 Å². The van der Waals surface area contributed by atoms with Crippen molar-refractivity contribution in [1.29, 1.82) is 0 Å². The summed E-state index contributed by atoms with van der Waals surface area (Å²) >= 11 is 7.88. The number of benzene rings is 2. The van der Waals surface area contributed by atoms with Crippen LogP contribution in [0.25, 0.3) is 6.08 Å². The van der Waals surface area contributed by atoms with Crippen molar-refractivity contribution in [2.24, 2.45) is 4.99 Å². The molecule has 1 aliphatic heterocycles. The number of hydrogen-bond acceptors (Lipinski definition) is 5. The Labute approximate surface area is 210 Å². The Hall–Kier alpha value is -2.88. The second-order valence-electron chi connectivity index (χ2n) is 8.06. The van der Waals surface area contributed by atoms with Crippen molar-refractivity contribution in [2.45, 2.75) is 45.1 Å². The topological polar surface area (TPSA) is 51.1 Å². The lowest BCUT2D eigenvalue weighted by Crippen LogP contribution is -2.40. The van der Waals surface area contributed by atoms with Crippen molar-refractivity contribution < 1.29 is 14.3 Å². The van der Waals surface area contributed by atoms with Crippen LogP contribution in [0, 0.1) is 12.3 Å². The van der Waals surface area contributed by atoms with Gasteiger partial charge in [0.05, 0.1) is 22.2 Å². The third kappa shape index (κ3) is 5.60. The van der Waals surface area contributed by atoms with E-state index in [1.807, 2.05) is 54.3 Å². The molecule has 2 fully saturated rings. The molecule has 0 spiro atoms. The number of rotatable bonds is 7. The van der Waals surface area contributed by atoms with Crippen LogP contribution >= 0.6 is 23.4 Å². The van der Waals surface area contributed by atoms with Gasteiger partial charge in [-0.25, -0.2) is 4.99 Å². The Morgan fingerprint density at radius 3 is 2.68 bits per heavy atom. The fourth-order valence-corrected chi connectivity index (χ4v) is 5.51. The smallest absolute Gasteiger partial charge is 0.267 e. The molecule has 0 N–H and O–H groups in total. The van der Waals surface area contributed by atoms with E-state index in [1.165, 1.54) is 18.2 Å². The van der Waals surface area contributed by atoms with Gasteiger partial charge in [0.1, 0.15) is 6.61 Å². The predicted octanol–water partition coefficient (Wildman–Crippen LogP) is 6.69. The van der Waals surface area contributed by atoms with Crippen molar-refractivity contribution in [3.8, 4) is 23.8 Å². The average Bonchev–Trinajstić information content (AvgIpc) is 3.14. The second kappa shape index (κ2) is 11.5. The summed E-state index contributed by atoms with van der Waals surface area (Å²) in [5, 5.41) is 1.10. The number of aliphatic imine (C=N–C) groups is 1. The maximum atomic E-state index is 13.6. The number of hydrogen-bond donors (Lipinski definition) is 0. The van der Waals surface area contributed by atoms with E-state index >= 15 is 0 Å². The highest BCUT2D eigenvalue weighted by atomic mass is 35.5. The van der Waals surface area contributed by atoms with E-state index in [2.05, 4.69) is 5.92 Å². The first-order valence-corrected chi connectivity index (χ1v) is 12.7. The fraction of sp³-hybridized carbons (Fsp3) is 0.333. The van der Waals surface area contributed by atoms with E-state index in [4.69, 9.17) is 32.5 Å². The molecule has 0 atom stereocenters. The summed E-state index contributed by atoms with van der Waals surface area (Å²) < 4.78 is 11.3. The van der Waals surface area contributed by atoms with Crippen LogP contribution in [0.4, 0.5) is 5.69 Å². The van der Waals surface area contributed by atoms with Gasteiger partial charge in [-0.3, -0.25) is 9.69 Å². The van der Waals surface area contributed by atoms with Gasteiger partial charge in [0.2, 0.25) is 0 Å². The first kappa shape index (κ1) is 24.3. The molecule has 34 heavy (non-hydrogen) atoms. The van der Waals surface area contributed by atoms with Gasteiger partial charge < -0.3 is 9.47 Å². The molecule has 0 aromatic heterocycles. The second-order valence-corrected chi connectivity index (χ2v) is 9.48. The summed E-state index contributed by atoms with van der Waals surface area (Å²) in [6.07, 6.45) is 12.6. The normalized spacial score (nSPS) is 19.0. The molecular weight excluding hydrogens is 468 g/mol. The van der Waals surface area contributed by atoms with Gasteiger partial charge in [-0.1, -0.05) is 55.0 Å². The lowest BCUT2D eigenvalue weighted by Gasteiger charge is -2.30. The van der Waals surface area contributed by atoms with E-state index in [0.717, 1.165) is 42.1 Å². The maximum Gasteiger partial charge on any atom is 0.267 e. The first-order chi connectivity index (χ1) is 16.6. The summed E-state index contributed by atoms with van der Waals surface area (Å²) in [7, 11) is 0. The largest absolute Gasteiger partial charge is 0.490 e. The summed E-state index contributed by atoms with van der Waals surface area (Å²) in [5.74, 6) is 3.32. The highest BCUT2D eigenvalue weighted by molar-refractivity contribution is 8.18. The Balaban J connectivity index is 1.69. The number of carbonyl (C=O) groups is 1. The standard InChI is InChI=1S/C27H27ClN2O3S/c1-3-15-33-25-22(28)16-19(17-23(25)32-4-2)18-24-26(31)30(21-13-9-6-10-14-21)27(34-24)29-20-11-7-5-8-12-20/h1,5,7-8,11-12,16-18,21H,4,6,9-10,13-15H2,2H3/b24-18+,29-27?. The van der Waals surface area contributed by atoms with E-state index < -0.39 is 0 Å². The van der Waals surface area contributed by atoms with Crippen molar-refractivity contribution in [3.05, 3.63) is 58.0 Å². The molecule has 1 heterocycles. The minimum absolute atomic E-state index is 0.0201. The van der Waals surface area contributed by atoms with Gasteiger partial charge in [-0.2, -0.15) is 0 Å². The third-order valence-electron chi connectivity index (χ3n) is 5.69. The summed E-state index contributed by atoms with van der Waals surface area (Å²) in [6.45, 7) is 2.42. The van der Waals surface area contributed by atoms with E-state index in [1.54, 1.807) is 6.07 Å². The lowest BCUT2D eigenvalue weighted by molar-refractivity contribution is -0.124. The quantitative estimate of drug-likeness (QED) is 0.318. The number of amides is 1. The molecule has 5 nitrogen and oxygen atoms in total. The number of para-hydroxylation sites is 1. The number of nitrogens with zero attached hydrogens (tertiary/aromatic N) is 2. The maximum absolute atomic E-state index is 13.6. The van der Waals surface area contributed by atoms with Gasteiger partial charge in [0, 0.05) is 6.04 Å². The molecule has 176 valence electrons. The zero-order valence-corrected chi connectivity index (χ0v) is 20.7. The number of carbonyl (C=O) groups excluding carboxylic acids is 1. The van der Waals surface area contributed by atoms with Crippen LogP contribution in [-0.4, -0.2) is 35.2 Å². The van der Waals surface area contributed by atoms with Crippen LogP contribution in [0.1, 0.15) is 44.6 Å². The molecule has 0 unspecified atom stereocenters. The Kier molecular flexibility index (Phi) is 8.21. The Morgan fingerprint density at radius 1 is 1.21 bits per heavy atom. The van der Waals surface area contributed by atoms with Gasteiger partial charge in [-0.15, -0.1) is 6.42 Å². The third-order valence-corrected chi connectivity index (χ3v) is 6.95. The van der Waals surface area contributed by atoms with E-state index in [-0.39, 0.29) is 18.6 Å². The zero-order chi connectivity index (χ0) is 23.9. The van der Waals surface area contributed by atoms with Crippen molar-refractivity contribution in [1.82, 2.24) is 4.90 Å². The van der Waals surface area contributed by atoms with Gasteiger partial charge in [0.15, 0.2) is 16.7 Å². The highest BCUT2D eigenvalue weighted by Gasteiger charge is 2.38. The van der Waals surface area contributed by atoms with Crippen LogP contribution < -0.4 is 9.47 Å². The fourth-order valence-electron chi connectivity index (χ4n) is 4.18. The first-order valence-electron chi connectivity index (χ1n) is 11.5. The molecule has 0 bridgehead atoms. The highest BCUT2D eigenvalue weighted by Crippen LogP contribution is 2.41. The van der Waals surface area contributed by atoms with Crippen molar-refractivity contribution in [2.75, 3.05) is 13.2 Å². The minimum atomic E-state index is -0.0201. The van der Waals surface area contributed by atoms with E-state index in [0.29, 0.717) is 28.0 Å². The molecule has 1 aliphatic carbocycles. The molecule has 2 aromatic carbocycles. The molecule has 1 amide bonds. The molecular formula is C27H27ClN2O3S. The average molecular weight is 495 g/mol. The van der Waals surface area contributed by atoms with E-state index in [9.17, 15) is 4.79 Å². The number of terminal acetylenes is 1. The number of halogens is 1. The number of thioether (sulfide) groups is 1. The summed E-state index contributed by atoms with van der Waals surface area (Å²) in [6, 6.07) is 13.5. The van der Waals surface area contributed by atoms with Crippen molar-refractivity contribution >= 4 is 46.2 Å². The number of amidine groups is 1. The Morgan fingerprint density at radius 2 is 1.97 bits per heavy atom. The van der Waals surface area contributed by atoms with Gasteiger partial charge in [-0.05, 0) is 67.4 Å². The number of ether oxygens (including phenoxy) is 2. The molecule has 2 aliphatic rings.